The Kier molecular flexibility index (Phi) is 4.97. The van der Waals surface area contributed by atoms with E-state index in [4.69, 9.17) is 0 Å². The fraction of sp³-hybridized carbons (Fsp3) is 0. The second-order valence-corrected chi connectivity index (χ2v) is 5.72. The fourth-order valence-corrected chi connectivity index (χ4v) is 3.66. The van der Waals surface area contributed by atoms with Gasteiger partial charge in [-0.25, -0.2) is 0 Å². The van der Waals surface area contributed by atoms with Crippen molar-refractivity contribution in [3.05, 3.63) is 21.7 Å². The zero-order chi connectivity index (χ0) is 13.3. The average molecular weight is 324 g/mol. The van der Waals surface area contributed by atoms with E-state index in [0.29, 0.717) is 0 Å². The Morgan fingerprint density at radius 1 is 0.647 bits per heavy atom. The summed E-state index contributed by atoms with van der Waals surface area (Å²) in [4.78, 5) is 45.1. The van der Waals surface area contributed by atoms with Crippen LogP contribution in [0.15, 0.2) is 0 Å². The summed E-state index contributed by atoms with van der Waals surface area (Å²) in [5.74, 6) is 0. The SMILES string of the molecule is O=C(S)c1[pH]c(C(=O)S)c(C(=O)S)c1C(=O)S. The molecule has 0 aliphatic heterocycles. The van der Waals surface area contributed by atoms with Crippen molar-refractivity contribution in [1.82, 2.24) is 0 Å². The van der Waals surface area contributed by atoms with Crippen molar-refractivity contribution in [1.29, 1.82) is 0 Å². The monoisotopic (exact) mass is 324 g/mol. The summed E-state index contributed by atoms with van der Waals surface area (Å²) in [6.07, 6.45) is 0. The highest BCUT2D eigenvalue weighted by Crippen LogP contribution is 2.36. The van der Waals surface area contributed by atoms with Crippen LogP contribution in [0.3, 0.4) is 0 Å². The summed E-state index contributed by atoms with van der Waals surface area (Å²) in [5.41, 5.74) is -0.409. The van der Waals surface area contributed by atoms with Crippen LogP contribution in [0.4, 0.5) is 0 Å². The molecule has 4 nitrogen and oxygen atoms in total. The van der Waals surface area contributed by atoms with Gasteiger partial charge in [-0.2, -0.15) is 0 Å². The van der Waals surface area contributed by atoms with E-state index >= 15 is 0 Å². The molecule has 1 aromatic heterocycles. The number of carbonyl (C=O) groups excluding carboxylic acids is 4. The quantitative estimate of drug-likeness (QED) is 0.640. The maximum atomic E-state index is 11.3. The second-order valence-electron chi connectivity index (χ2n) is 2.85. The van der Waals surface area contributed by atoms with E-state index in [1.807, 2.05) is 0 Å². The van der Waals surface area contributed by atoms with Crippen molar-refractivity contribution in [3.8, 4) is 0 Å². The first-order valence-corrected chi connectivity index (χ1v) is 6.75. The molecule has 9 heteroatoms. The standard InChI is InChI=1S/C8H5O4PS4/c9-5(14)1-2(6(10)15)4(8(12)17)13-3(1)7(11)16/h13H,(H,9,14)(H,10,15)(H,11,16)(H,12,17). The number of rotatable bonds is 4. The third-order valence-corrected chi connectivity index (χ3v) is 4.62. The highest BCUT2D eigenvalue weighted by atomic mass is 32.1. The molecule has 0 fully saturated rings. The molecule has 0 aliphatic carbocycles. The largest absolute Gasteiger partial charge is 0.282 e. The van der Waals surface area contributed by atoms with Crippen LogP contribution in [-0.4, -0.2) is 20.5 Å². The molecule has 0 radical (unpaired) electrons. The van der Waals surface area contributed by atoms with E-state index in [2.05, 4.69) is 50.5 Å². The van der Waals surface area contributed by atoms with Gasteiger partial charge in [-0.1, -0.05) is 25.3 Å². The lowest BCUT2D eigenvalue weighted by Gasteiger charge is -1.99. The van der Waals surface area contributed by atoms with Gasteiger partial charge in [-0.15, -0.1) is 33.5 Å². The fourth-order valence-electron chi connectivity index (χ4n) is 1.25. The molecule has 0 aliphatic rings. The molecule has 90 valence electrons. The van der Waals surface area contributed by atoms with Gasteiger partial charge in [0.2, 0.25) is 20.5 Å². The molecule has 0 bridgehead atoms. The third kappa shape index (κ3) is 3.00. The Labute approximate surface area is 120 Å². The summed E-state index contributed by atoms with van der Waals surface area (Å²) in [7, 11) is -0.434. The third-order valence-electron chi connectivity index (χ3n) is 1.86. The van der Waals surface area contributed by atoms with Gasteiger partial charge in [-0.3, -0.25) is 19.2 Å². The van der Waals surface area contributed by atoms with Gasteiger partial charge in [0.15, 0.2) is 0 Å². The first kappa shape index (κ1) is 14.9. The van der Waals surface area contributed by atoms with Crippen molar-refractivity contribution < 1.29 is 19.2 Å². The summed E-state index contributed by atoms with van der Waals surface area (Å²) in [6, 6.07) is 0. The summed E-state index contributed by atoms with van der Waals surface area (Å²) in [5, 5.41) is -2.95. The molecule has 17 heavy (non-hydrogen) atoms. The molecular weight excluding hydrogens is 319 g/mol. The lowest BCUT2D eigenvalue weighted by atomic mass is 10.1. The van der Waals surface area contributed by atoms with Crippen LogP contribution in [0, 0.1) is 0 Å². The molecule has 0 amide bonds. The van der Waals surface area contributed by atoms with E-state index in [0.717, 1.165) is 0 Å². The van der Waals surface area contributed by atoms with E-state index in [-0.39, 0.29) is 21.7 Å². The van der Waals surface area contributed by atoms with E-state index in [1.54, 1.807) is 0 Å². The van der Waals surface area contributed by atoms with Crippen molar-refractivity contribution in [2.45, 2.75) is 0 Å². The van der Waals surface area contributed by atoms with Crippen LogP contribution in [0.1, 0.15) is 40.9 Å². The van der Waals surface area contributed by atoms with E-state index < -0.39 is 28.7 Å². The predicted octanol–water partition coefficient (Wildman–Crippen LogP) is 2.00. The minimum atomic E-state index is -0.781. The molecule has 0 saturated carbocycles. The van der Waals surface area contributed by atoms with E-state index in [9.17, 15) is 19.2 Å². The number of thiol groups is 4. The lowest BCUT2D eigenvalue weighted by Crippen LogP contribution is -2.04. The molecule has 1 aromatic rings. The van der Waals surface area contributed by atoms with Gasteiger partial charge in [0.25, 0.3) is 0 Å². The van der Waals surface area contributed by atoms with Gasteiger partial charge < -0.3 is 0 Å². The Balaban J connectivity index is 3.73. The molecule has 0 N–H and O–H groups in total. The predicted molar refractivity (Wildman–Crippen MR) is 79.2 cm³/mol. The van der Waals surface area contributed by atoms with Gasteiger partial charge in [0.1, 0.15) is 0 Å². The Morgan fingerprint density at radius 3 is 1.12 bits per heavy atom. The zero-order valence-corrected chi connectivity index (χ0v) is 12.5. The molecule has 0 atom stereocenters. The molecule has 0 saturated heterocycles. The number of hydrogen-bond donors (Lipinski definition) is 4. The highest BCUT2D eigenvalue weighted by Gasteiger charge is 2.28. The Bertz CT molecular complexity index is 501. The smallest absolute Gasteiger partial charge is 0.220 e. The van der Waals surface area contributed by atoms with Crippen LogP contribution in [0.2, 0.25) is 0 Å². The topological polar surface area (TPSA) is 68.3 Å². The maximum absolute atomic E-state index is 11.3. The number of hydrogen-bond acceptors (Lipinski definition) is 4. The first-order valence-electron chi connectivity index (χ1n) is 3.96. The molecular formula is C8H5O4PS4. The van der Waals surface area contributed by atoms with Crippen molar-refractivity contribution >= 4 is 79.2 Å². The van der Waals surface area contributed by atoms with Gasteiger partial charge in [0.05, 0.1) is 21.7 Å². The van der Waals surface area contributed by atoms with Crippen molar-refractivity contribution in [2.24, 2.45) is 0 Å². The van der Waals surface area contributed by atoms with Gasteiger partial charge >= 0.3 is 0 Å². The van der Waals surface area contributed by atoms with Crippen LogP contribution in [-0.2, 0) is 0 Å². The Morgan fingerprint density at radius 2 is 0.941 bits per heavy atom. The van der Waals surface area contributed by atoms with Crippen LogP contribution in [0.5, 0.6) is 0 Å². The van der Waals surface area contributed by atoms with Gasteiger partial charge in [-0.05, 0) is 0 Å². The molecule has 1 heterocycles. The van der Waals surface area contributed by atoms with Crippen LogP contribution < -0.4 is 0 Å². The Hall–Kier alpha value is -0.140. The average Bonchev–Trinajstić information content (AvgIpc) is 2.56. The van der Waals surface area contributed by atoms with Crippen LogP contribution >= 0.6 is 58.7 Å². The highest BCUT2D eigenvalue weighted by molar-refractivity contribution is 7.99. The number of carbonyl (C=O) groups is 4. The van der Waals surface area contributed by atoms with Crippen LogP contribution in [0.25, 0.3) is 0 Å². The normalized spacial score (nSPS) is 10.1. The molecule has 0 unspecified atom stereocenters. The summed E-state index contributed by atoms with van der Waals surface area (Å²) in [6.45, 7) is 0. The van der Waals surface area contributed by atoms with Gasteiger partial charge in [0, 0.05) is 0 Å². The maximum Gasteiger partial charge on any atom is 0.220 e. The summed E-state index contributed by atoms with van der Waals surface area (Å²) < 4.78 is 0. The molecule has 0 spiro atoms. The zero-order valence-electron chi connectivity index (χ0n) is 7.92. The minimum Gasteiger partial charge on any atom is -0.282 e. The molecule has 0 aromatic carbocycles. The second kappa shape index (κ2) is 5.67. The van der Waals surface area contributed by atoms with Crippen molar-refractivity contribution in [2.75, 3.05) is 0 Å². The first-order chi connectivity index (χ1) is 7.77. The molecule has 1 rings (SSSR count). The van der Waals surface area contributed by atoms with Crippen molar-refractivity contribution in [3.63, 3.8) is 0 Å². The lowest BCUT2D eigenvalue weighted by molar-refractivity contribution is 0.104. The van der Waals surface area contributed by atoms with E-state index in [1.165, 1.54) is 0 Å². The summed E-state index contributed by atoms with van der Waals surface area (Å²) >= 11 is 14.3. The minimum absolute atomic E-state index is 0.0110.